The average molecular weight is 321 g/mol. The van der Waals surface area contributed by atoms with E-state index in [-0.39, 0.29) is 5.91 Å². The fraction of sp³-hybridized carbons (Fsp3) is 0.455. The van der Waals surface area contributed by atoms with Gasteiger partial charge in [0, 0.05) is 6.54 Å². The number of hydrogen-bond acceptors (Lipinski definition) is 3. The smallest absolute Gasteiger partial charge is 0.231 e. The van der Waals surface area contributed by atoms with Crippen molar-refractivity contribution in [2.45, 2.75) is 20.3 Å². The number of halogens is 2. The number of nitrogens with two attached hydrogens (primary N) is 1. The largest absolute Gasteiger partial charge is 0.329 e. The van der Waals surface area contributed by atoms with E-state index in [9.17, 15) is 4.79 Å². The van der Waals surface area contributed by atoms with E-state index < -0.39 is 5.41 Å². The fourth-order valence-electron chi connectivity index (χ4n) is 1.17. The molecule has 1 unspecified atom stereocenters. The van der Waals surface area contributed by atoms with Gasteiger partial charge in [-0.05, 0) is 35.3 Å². The molecule has 1 atom stereocenters. The average Bonchev–Trinajstić information content (AvgIpc) is 2.32. The van der Waals surface area contributed by atoms with E-state index in [1.165, 1.54) is 6.20 Å². The Morgan fingerprint density at radius 3 is 2.82 bits per heavy atom. The van der Waals surface area contributed by atoms with Crippen LogP contribution in [0.3, 0.4) is 0 Å². The topological polar surface area (TPSA) is 68.0 Å². The summed E-state index contributed by atoms with van der Waals surface area (Å²) in [6, 6.07) is 1.71. The molecule has 0 spiro atoms. The van der Waals surface area contributed by atoms with Crippen molar-refractivity contribution in [2.75, 3.05) is 11.9 Å². The maximum atomic E-state index is 12.0. The first-order valence-corrected chi connectivity index (χ1v) is 6.42. The third kappa shape index (κ3) is 3.40. The molecule has 0 aromatic carbocycles. The highest BCUT2D eigenvalue weighted by Gasteiger charge is 2.29. The molecule has 0 radical (unpaired) electrons. The third-order valence-corrected chi connectivity index (χ3v) is 3.97. The SMILES string of the molecule is CCC(C)(CN)C(=O)Nc1cnc(Cl)c(Br)c1. The zero-order valence-electron chi connectivity index (χ0n) is 9.76. The van der Waals surface area contributed by atoms with E-state index >= 15 is 0 Å². The van der Waals surface area contributed by atoms with Gasteiger partial charge in [-0.1, -0.05) is 18.5 Å². The van der Waals surface area contributed by atoms with Crippen LogP contribution in [0.15, 0.2) is 16.7 Å². The number of anilines is 1. The van der Waals surface area contributed by atoms with Crippen LogP contribution in [0.25, 0.3) is 0 Å². The van der Waals surface area contributed by atoms with Crippen LogP contribution in [0.5, 0.6) is 0 Å². The molecule has 94 valence electrons. The summed E-state index contributed by atoms with van der Waals surface area (Å²) in [5.41, 5.74) is 5.65. The van der Waals surface area contributed by atoms with Gasteiger partial charge in [0.15, 0.2) is 0 Å². The van der Waals surface area contributed by atoms with E-state index in [4.69, 9.17) is 17.3 Å². The second-order valence-corrected chi connectivity index (χ2v) is 5.28. The van der Waals surface area contributed by atoms with E-state index in [0.29, 0.717) is 28.3 Å². The molecular weight excluding hydrogens is 305 g/mol. The summed E-state index contributed by atoms with van der Waals surface area (Å²) in [5.74, 6) is -0.112. The molecular formula is C11H15BrClN3O. The number of pyridine rings is 1. The number of amides is 1. The highest BCUT2D eigenvalue weighted by Crippen LogP contribution is 2.25. The van der Waals surface area contributed by atoms with Gasteiger partial charge in [0.1, 0.15) is 5.15 Å². The van der Waals surface area contributed by atoms with E-state index in [1.807, 2.05) is 13.8 Å². The summed E-state index contributed by atoms with van der Waals surface area (Å²) in [6.45, 7) is 4.07. The van der Waals surface area contributed by atoms with Crippen molar-refractivity contribution in [3.8, 4) is 0 Å². The number of hydrogen-bond donors (Lipinski definition) is 2. The van der Waals surface area contributed by atoms with Crippen molar-refractivity contribution in [3.63, 3.8) is 0 Å². The molecule has 0 aliphatic carbocycles. The fourth-order valence-corrected chi connectivity index (χ4v) is 1.62. The lowest BCUT2D eigenvalue weighted by molar-refractivity contribution is -0.124. The van der Waals surface area contributed by atoms with Gasteiger partial charge < -0.3 is 11.1 Å². The lowest BCUT2D eigenvalue weighted by Gasteiger charge is -2.24. The molecule has 3 N–H and O–H groups in total. The summed E-state index contributed by atoms with van der Waals surface area (Å²) in [4.78, 5) is 16.0. The monoisotopic (exact) mass is 319 g/mol. The van der Waals surface area contributed by atoms with Crippen molar-refractivity contribution < 1.29 is 4.79 Å². The molecule has 0 aliphatic heterocycles. The Morgan fingerprint density at radius 2 is 2.35 bits per heavy atom. The molecule has 0 fully saturated rings. The molecule has 1 aromatic heterocycles. The van der Waals surface area contributed by atoms with Crippen LogP contribution in [-0.2, 0) is 4.79 Å². The van der Waals surface area contributed by atoms with Crippen LogP contribution in [0, 0.1) is 5.41 Å². The van der Waals surface area contributed by atoms with Gasteiger partial charge in [-0.25, -0.2) is 4.98 Å². The maximum Gasteiger partial charge on any atom is 0.231 e. The lowest BCUT2D eigenvalue weighted by atomic mass is 9.86. The molecule has 1 rings (SSSR count). The molecule has 6 heteroatoms. The zero-order valence-corrected chi connectivity index (χ0v) is 12.1. The first kappa shape index (κ1) is 14.4. The number of nitrogens with one attached hydrogen (secondary N) is 1. The number of carbonyl (C=O) groups is 1. The van der Waals surface area contributed by atoms with Crippen LogP contribution in [0.4, 0.5) is 5.69 Å². The zero-order chi connectivity index (χ0) is 13.1. The molecule has 0 saturated heterocycles. The highest BCUT2D eigenvalue weighted by molar-refractivity contribution is 9.10. The highest BCUT2D eigenvalue weighted by atomic mass is 79.9. The molecule has 1 heterocycles. The predicted octanol–water partition coefficient (Wildman–Crippen LogP) is 2.81. The molecule has 4 nitrogen and oxygen atoms in total. The van der Waals surface area contributed by atoms with Gasteiger partial charge >= 0.3 is 0 Å². The van der Waals surface area contributed by atoms with Gasteiger partial charge in [0.25, 0.3) is 0 Å². The molecule has 0 saturated carbocycles. The molecule has 1 amide bonds. The summed E-state index contributed by atoms with van der Waals surface area (Å²) in [7, 11) is 0. The minimum atomic E-state index is -0.563. The van der Waals surface area contributed by atoms with Gasteiger partial charge in [-0.3, -0.25) is 4.79 Å². The van der Waals surface area contributed by atoms with Crippen molar-refractivity contribution >= 4 is 39.1 Å². The third-order valence-electron chi connectivity index (χ3n) is 2.83. The van der Waals surface area contributed by atoms with Gasteiger partial charge in [0.2, 0.25) is 5.91 Å². The van der Waals surface area contributed by atoms with E-state index in [1.54, 1.807) is 6.07 Å². The van der Waals surface area contributed by atoms with Crippen LogP contribution >= 0.6 is 27.5 Å². The van der Waals surface area contributed by atoms with Crippen LogP contribution in [0.2, 0.25) is 5.15 Å². The summed E-state index contributed by atoms with van der Waals surface area (Å²) in [6.07, 6.45) is 2.19. The van der Waals surface area contributed by atoms with Crippen LogP contribution in [0.1, 0.15) is 20.3 Å². The second kappa shape index (κ2) is 5.80. The van der Waals surface area contributed by atoms with E-state index in [0.717, 1.165) is 0 Å². The Morgan fingerprint density at radius 1 is 1.71 bits per heavy atom. The van der Waals surface area contributed by atoms with Crippen LogP contribution < -0.4 is 11.1 Å². The minimum Gasteiger partial charge on any atom is -0.329 e. The Balaban J connectivity index is 2.84. The number of aromatic nitrogens is 1. The molecule has 0 bridgehead atoms. The van der Waals surface area contributed by atoms with Gasteiger partial charge in [-0.15, -0.1) is 0 Å². The predicted molar refractivity (Wildman–Crippen MR) is 73.0 cm³/mol. The van der Waals surface area contributed by atoms with Crippen LogP contribution in [-0.4, -0.2) is 17.4 Å². The Kier molecular flexibility index (Phi) is 4.91. The standard InChI is InChI=1S/C11H15BrClN3O/c1-3-11(2,6-14)10(17)16-7-4-8(12)9(13)15-5-7/h4-5H,3,6,14H2,1-2H3,(H,16,17). The summed E-state index contributed by atoms with van der Waals surface area (Å²) < 4.78 is 0.642. The van der Waals surface area contributed by atoms with Crippen molar-refractivity contribution in [2.24, 2.45) is 11.1 Å². The van der Waals surface area contributed by atoms with Crippen molar-refractivity contribution in [3.05, 3.63) is 21.9 Å². The first-order valence-electron chi connectivity index (χ1n) is 5.25. The lowest BCUT2D eigenvalue weighted by Crippen LogP contribution is -2.39. The first-order chi connectivity index (χ1) is 7.92. The van der Waals surface area contributed by atoms with Crippen molar-refractivity contribution in [1.82, 2.24) is 4.98 Å². The van der Waals surface area contributed by atoms with Crippen molar-refractivity contribution in [1.29, 1.82) is 0 Å². The Labute approximate surface area is 114 Å². The number of carbonyl (C=O) groups excluding carboxylic acids is 1. The maximum absolute atomic E-state index is 12.0. The Hall–Kier alpha value is -0.650. The molecule has 0 aliphatic rings. The quantitative estimate of drug-likeness (QED) is 0.838. The molecule has 17 heavy (non-hydrogen) atoms. The van der Waals surface area contributed by atoms with E-state index in [2.05, 4.69) is 26.2 Å². The normalized spacial score (nSPS) is 14.2. The van der Waals surface area contributed by atoms with Gasteiger partial charge in [-0.2, -0.15) is 0 Å². The minimum absolute atomic E-state index is 0.112. The summed E-state index contributed by atoms with van der Waals surface area (Å²) in [5, 5.41) is 3.14. The second-order valence-electron chi connectivity index (χ2n) is 4.07. The van der Waals surface area contributed by atoms with Gasteiger partial charge in [0.05, 0.1) is 21.8 Å². The number of rotatable bonds is 4. The summed E-state index contributed by atoms with van der Waals surface area (Å²) >= 11 is 9.02. The number of nitrogens with zero attached hydrogens (tertiary/aromatic N) is 1. The molecule has 1 aromatic rings. The Bertz CT molecular complexity index is 421.